The van der Waals surface area contributed by atoms with Gasteiger partial charge in [0, 0.05) is 12.6 Å². The van der Waals surface area contributed by atoms with Gasteiger partial charge in [-0.2, -0.15) is 0 Å². The van der Waals surface area contributed by atoms with E-state index in [2.05, 4.69) is 10.1 Å². The average Bonchev–Trinajstić information content (AvgIpc) is 2.64. The van der Waals surface area contributed by atoms with E-state index in [1.807, 2.05) is 0 Å². The van der Waals surface area contributed by atoms with Crippen molar-refractivity contribution in [1.82, 2.24) is 10.2 Å². The lowest BCUT2D eigenvalue weighted by Crippen LogP contribution is -2.50. The molecule has 142 valence electrons. The van der Waals surface area contributed by atoms with Crippen molar-refractivity contribution in [3.05, 3.63) is 29.6 Å². The number of carbonyl (C=O) groups excluding carboxylic acids is 3. The molecule has 9 heteroatoms. The quantitative estimate of drug-likeness (QED) is 0.753. The van der Waals surface area contributed by atoms with Gasteiger partial charge in [0.15, 0.2) is 5.78 Å². The van der Waals surface area contributed by atoms with Crippen LogP contribution in [0, 0.1) is 5.82 Å². The van der Waals surface area contributed by atoms with Crippen LogP contribution in [-0.4, -0.2) is 68.7 Å². The Bertz CT molecular complexity index is 681. The Morgan fingerprint density at radius 2 is 2.15 bits per heavy atom. The predicted molar refractivity (Wildman–Crippen MR) is 88.6 cm³/mol. The molecule has 1 aromatic carbocycles. The van der Waals surface area contributed by atoms with Crippen molar-refractivity contribution in [2.24, 2.45) is 0 Å². The zero-order valence-electron chi connectivity index (χ0n) is 14.6. The molecule has 1 saturated heterocycles. The van der Waals surface area contributed by atoms with Gasteiger partial charge in [0.25, 0.3) is 0 Å². The Morgan fingerprint density at radius 3 is 2.81 bits per heavy atom. The highest BCUT2D eigenvalue weighted by molar-refractivity contribution is 5.94. The van der Waals surface area contributed by atoms with Crippen LogP contribution in [-0.2, 0) is 14.3 Å². The summed E-state index contributed by atoms with van der Waals surface area (Å²) in [5, 5.41) is 2.33. The molecule has 2 amide bonds. The lowest BCUT2D eigenvalue weighted by molar-refractivity contribution is -0.138. The van der Waals surface area contributed by atoms with Crippen molar-refractivity contribution in [2.75, 3.05) is 40.0 Å². The molecule has 1 heterocycles. The summed E-state index contributed by atoms with van der Waals surface area (Å²) < 4.78 is 29.2. The minimum absolute atomic E-state index is 0.00106. The summed E-state index contributed by atoms with van der Waals surface area (Å²) >= 11 is 0. The lowest BCUT2D eigenvalue weighted by Gasteiger charge is -2.32. The van der Waals surface area contributed by atoms with Crippen LogP contribution in [0.25, 0.3) is 0 Å². The largest absolute Gasteiger partial charge is 0.491 e. The summed E-state index contributed by atoms with van der Waals surface area (Å²) in [5.41, 5.74) is 0.00106. The summed E-state index contributed by atoms with van der Waals surface area (Å²) in [6.45, 7) is 2.26. The molecule has 0 bridgehead atoms. The zero-order valence-corrected chi connectivity index (χ0v) is 14.6. The molecule has 2 rings (SSSR count). The van der Waals surface area contributed by atoms with Crippen LogP contribution in [0.5, 0.6) is 5.75 Å². The Morgan fingerprint density at radius 1 is 1.38 bits per heavy atom. The van der Waals surface area contributed by atoms with Crippen LogP contribution in [0.15, 0.2) is 18.2 Å². The standard InChI is InChI=1S/C17H21FN2O6/c1-11(21)14-4-3-12(7-15(14)18)26-10-13-9-20(5-6-25-13)16(22)8-19-17(23)24-2/h3-4,7,13H,5-6,8-10H2,1-2H3,(H,19,23). The van der Waals surface area contributed by atoms with E-state index in [1.165, 1.54) is 26.2 Å². The smallest absolute Gasteiger partial charge is 0.407 e. The third kappa shape index (κ3) is 5.41. The van der Waals surface area contributed by atoms with Gasteiger partial charge in [0.2, 0.25) is 5.91 Å². The van der Waals surface area contributed by atoms with Crippen molar-refractivity contribution in [1.29, 1.82) is 0 Å². The van der Waals surface area contributed by atoms with Gasteiger partial charge in [0.05, 0.1) is 25.8 Å². The summed E-state index contributed by atoms with van der Waals surface area (Å²) in [6.07, 6.45) is -1.07. The number of rotatable bonds is 6. The minimum atomic E-state index is -0.678. The van der Waals surface area contributed by atoms with Crippen LogP contribution < -0.4 is 10.1 Å². The number of hydrogen-bond donors (Lipinski definition) is 1. The molecule has 1 fully saturated rings. The van der Waals surface area contributed by atoms with Crippen LogP contribution >= 0.6 is 0 Å². The highest BCUT2D eigenvalue weighted by Crippen LogP contribution is 2.18. The molecule has 8 nitrogen and oxygen atoms in total. The number of Topliss-reactive ketones (excluding diaryl/α,β-unsaturated/α-hetero) is 1. The fourth-order valence-electron chi connectivity index (χ4n) is 2.44. The van der Waals surface area contributed by atoms with Gasteiger partial charge >= 0.3 is 6.09 Å². The Hall–Kier alpha value is -2.68. The Labute approximate surface area is 150 Å². The Kier molecular flexibility index (Phi) is 6.90. The lowest BCUT2D eigenvalue weighted by atomic mass is 10.1. The molecule has 1 aliphatic heterocycles. The maximum Gasteiger partial charge on any atom is 0.407 e. The first-order valence-electron chi connectivity index (χ1n) is 8.05. The van der Waals surface area contributed by atoms with Crippen molar-refractivity contribution in [3.8, 4) is 5.75 Å². The first-order chi connectivity index (χ1) is 12.4. The summed E-state index contributed by atoms with van der Waals surface area (Å²) in [4.78, 5) is 35.9. The monoisotopic (exact) mass is 368 g/mol. The van der Waals surface area contributed by atoms with Crippen LogP contribution in [0.4, 0.5) is 9.18 Å². The Balaban J connectivity index is 1.84. The number of amides is 2. The molecule has 1 aromatic rings. The number of alkyl carbamates (subject to hydrolysis) is 1. The second kappa shape index (κ2) is 9.14. The number of methoxy groups -OCH3 is 1. The summed E-state index contributed by atoms with van der Waals surface area (Å²) in [7, 11) is 1.22. The van der Waals surface area contributed by atoms with Crippen molar-refractivity contribution >= 4 is 17.8 Å². The number of benzene rings is 1. The number of nitrogens with one attached hydrogen (secondary N) is 1. The third-order valence-electron chi connectivity index (χ3n) is 3.82. The van der Waals surface area contributed by atoms with Gasteiger partial charge in [-0.3, -0.25) is 9.59 Å². The van der Waals surface area contributed by atoms with Gasteiger partial charge in [-0.15, -0.1) is 0 Å². The van der Waals surface area contributed by atoms with E-state index in [0.717, 1.165) is 6.07 Å². The van der Waals surface area contributed by atoms with E-state index in [0.29, 0.717) is 13.2 Å². The van der Waals surface area contributed by atoms with Crippen LogP contribution in [0.3, 0.4) is 0 Å². The highest BCUT2D eigenvalue weighted by Gasteiger charge is 2.25. The first kappa shape index (κ1) is 19.6. The molecule has 1 atom stereocenters. The molecular formula is C17H21FN2O6. The number of morpholine rings is 1. The normalized spacial score (nSPS) is 16.7. The molecule has 0 saturated carbocycles. The number of halogens is 1. The van der Waals surface area contributed by atoms with Crippen LogP contribution in [0.2, 0.25) is 0 Å². The predicted octanol–water partition coefficient (Wildman–Crippen LogP) is 0.990. The summed E-state index contributed by atoms with van der Waals surface area (Å²) in [5.74, 6) is -1.00. The van der Waals surface area contributed by atoms with Crippen molar-refractivity contribution in [2.45, 2.75) is 13.0 Å². The molecule has 0 aliphatic carbocycles. The average molecular weight is 368 g/mol. The summed E-state index contributed by atoms with van der Waals surface area (Å²) in [6, 6.07) is 4.01. The topological polar surface area (TPSA) is 94.2 Å². The van der Waals surface area contributed by atoms with E-state index >= 15 is 0 Å². The van der Waals surface area contributed by atoms with E-state index in [4.69, 9.17) is 9.47 Å². The number of hydrogen-bond acceptors (Lipinski definition) is 6. The second-order valence-corrected chi connectivity index (χ2v) is 5.69. The molecular weight excluding hydrogens is 347 g/mol. The number of ketones is 1. The number of carbonyl (C=O) groups is 3. The first-order valence-corrected chi connectivity index (χ1v) is 8.05. The molecule has 1 unspecified atom stereocenters. The molecule has 1 N–H and O–H groups in total. The molecule has 0 radical (unpaired) electrons. The van der Waals surface area contributed by atoms with Gasteiger partial charge in [-0.1, -0.05) is 0 Å². The van der Waals surface area contributed by atoms with Gasteiger partial charge < -0.3 is 24.4 Å². The fourth-order valence-corrected chi connectivity index (χ4v) is 2.44. The maximum atomic E-state index is 13.8. The van der Waals surface area contributed by atoms with Gasteiger partial charge in [-0.25, -0.2) is 9.18 Å². The van der Waals surface area contributed by atoms with E-state index in [9.17, 15) is 18.8 Å². The number of nitrogens with zero attached hydrogens (tertiary/aromatic N) is 1. The van der Waals surface area contributed by atoms with E-state index in [1.54, 1.807) is 4.90 Å². The van der Waals surface area contributed by atoms with E-state index in [-0.39, 0.29) is 48.8 Å². The third-order valence-corrected chi connectivity index (χ3v) is 3.82. The molecule has 1 aliphatic rings. The SMILES string of the molecule is COC(=O)NCC(=O)N1CCOC(COc2ccc(C(C)=O)c(F)c2)C1. The van der Waals surface area contributed by atoms with Gasteiger partial charge in [-0.05, 0) is 19.1 Å². The van der Waals surface area contributed by atoms with Crippen molar-refractivity contribution < 1.29 is 33.0 Å². The maximum absolute atomic E-state index is 13.8. The fraction of sp³-hybridized carbons (Fsp3) is 0.471. The molecule has 0 aromatic heterocycles. The van der Waals surface area contributed by atoms with Crippen LogP contribution in [0.1, 0.15) is 17.3 Å². The molecule has 0 spiro atoms. The highest BCUT2D eigenvalue weighted by atomic mass is 19.1. The van der Waals surface area contributed by atoms with Gasteiger partial charge in [0.1, 0.15) is 30.8 Å². The second-order valence-electron chi connectivity index (χ2n) is 5.69. The number of ether oxygens (including phenoxy) is 3. The minimum Gasteiger partial charge on any atom is -0.491 e. The zero-order chi connectivity index (χ0) is 19.1. The van der Waals surface area contributed by atoms with Crippen molar-refractivity contribution in [3.63, 3.8) is 0 Å². The molecule has 26 heavy (non-hydrogen) atoms. The van der Waals surface area contributed by atoms with E-state index < -0.39 is 11.9 Å².